The Labute approximate surface area is 85.7 Å². The fourth-order valence-corrected chi connectivity index (χ4v) is 1.32. The lowest BCUT2D eigenvalue weighted by Gasteiger charge is -2.32. The summed E-state index contributed by atoms with van der Waals surface area (Å²) >= 11 is 0. The average molecular weight is 194 g/mol. The second kappa shape index (κ2) is 4.31. The number of allylic oxidation sites excluding steroid dienone is 1. The number of carbonyl (C=O) groups is 1. The molecular formula is C11H18N2O. The van der Waals surface area contributed by atoms with Crippen molar-refractivity contribution in [1.82, 2.24) is 9.80 Å². The van der Waals surface area contributed by atoms with Crippen LogP contribution < -0.4 is 0 Å². The highest BCUT2D eigenvalue weighted by Crippen LogP contribution is 2.15. The van der Waals surface area contributed by atoms with E-state index in [9.17, 15) is 4.79 Å². The number of rotatable bonds is 3. The zero-order valence-electron chi connectivity index (χ0n) is 9.21. The van der Waals surface area contributed by atoms with E-state index in [1.807, 2.05) is 30.8 Å². The van der Waals surface area contributed by atoms with Gasteiger partial charge in [-0.05, 0) is 13.3 Å². The molecule has 0 atom stereocenters. The minimum atomic E-state index is 0.109. The lowest BCUT2D eigenvalue weighted by atomic mass is 10.1. The predicted octanol–water partition coefficient (Wildman–Crippen LogP) is 1.24. The van der Waals surface area contributed by atoms with Crippen molar-refractivity contribution in [2.75, 3.05) is 27.2 Å². The van der Waals surface area contributed by atoms with Crippen LogP contribution in [0.15, 0.2) is 23.9 Å². The molecule has 0 radical (unpaired) electrons. The molecule has 1 aliphatic heterocycles. The van der Waals surface area contributed by atoms with Gasteiger partial charge in [-0.25, -0.2) is 0 Å². The molecule has 0 aliphatic carbocycles. The molecule has 0 unspecified atom stereocenters. The van der Waals surface area contributed by atoms with Gasteiger partial charge in [0.25, 0.3) is 5.91 Å². The zero-order valence-corrected chi connectivity index (χ0v) is 9.21. The SMILES string of the molecule is C=C/C(C(=O)N1CCC1)=C(/C)N(C)C. The van der Waals surface area contributed by atoms with Gasteiger partial charge in [-0.1, -0.05) is 12.7 Å². The van der Waals surface area contributed by atoms with Crippen molar-refractivity contribution in [3.05, 3.63) is 23.9 Å². The van der Waals surface area contributed by atoms with Crippen LogP contribution >= 0.6 is 0 Å². The Balaban J connectivity index is 2.84. The van der Waals surface area contributed by atoms with Crippen LogP contribution in [0.25, 0.3) is 0 Å². The third-order valence-electron chi connectivity index (χ3n) is 2.64. The van der Waals surface area contributed by atoms with E-state index >= 15 is 0 Å². The topological polar surface area (TPSA) is 23.6 Å². The molecule has 0 aromatic heterocycles. The standard InChI is InChI=1S/C11H18N2O/c1-5-10(9(2)12(3)4)11(14)13-7-6-8-13/h5H,1,6-8H2,2-4H3/b10-9+. The summed E-state index contributed by atoms with van der Waals surface area (Å²) in [4.78, 5) is 15.7. The molecule has 1 rings (SSSR count). The molecule has 0 spiro atoms. The molecule has 0 aromatic carbocycles. The van der Waals surface area contributed by atoms with Crippen LogP contribution in [0.5, 0.6) is 0 Å². The van der Waals surface area contributed by atoms with Crippen LogP contribution in [0.2, 0.25) is 0 Å². The number of carbonyl (C=O) groups excluding carboxylic acids is 1. The van der Waals surface area contributed by atoms with Gasteiger partial charge in [-0.15, -0.1) is 0 Å². The van der Waals surface area contributed by atoms with Gasteiger partial charge in [-0.3, -0.25) is 4.79 Å². The molecule has 0 N–H and O–H groups in total. The molecule has 1 aliphatic rings. The van der Waals surface area contributed by atoms with Gasteiger partial charge in [0.05, 0.1) is 5.57 Å². The maximum absolute atomic E-state index is 11.9. The van der Waals surface area contributed by atoms with E-state index in [1.54, 1.807) is 6.08 Å². The Hall–Kier alpha value is -1.25. The van der Waals surface area contributed by atoms with Gasteiger partial charge in [0.15, 0.2) is 0 Å². The molecule has 1 fully saturated rings. The van der Waals surface area contributed by atoms with Gasteiger partial charge in [0.1, 0.15) is 0 Å². The summed E-state index contributed by atoms with van der Waals surface area (Å²) in [6.45, 7) is 7.41. The fraction of sp³-hybridized carbons (Fsp3) is 0.545. The van der Waals surface area contributed by atoms with Crippen molar-refractivity contribution in [1.29, 1.82) is 0 Å². The summed E-state index contributed by atoms with van der Waals surface area (Å²) in [5.74, 6) is 0.109. The first-order valence-corrected chi connectivity index (χ1v) is 4.88. The van der Waals surface area contributed by atoms with Gasteiger partial charge >= 0.3 is 0 Å². The molecule has 3 heteroatoms. The zero-order chi connectivity index (χ0) is 10.7. The highest BCUT2D eigenvalue weighted by Gasteiger charge is 2.23. The van der Waals surface area contributed by atoms with Crippen LogP contribution in [0.3, 0.4) is 0 Å². The first kappa shape index (κ1) is 10.8. The Bertz CT molecular complexity index is 275. The second-order valence-corrected chi connectivity index (χ2v) is 3.74. The summed E-state index contributed by atoms with van der Waals surface area (Å²) in [5, 5.41) is 0. The van der Waals surface area contributed by atoms with Gasteiger partial charge in [0.2, 0.25) is 0 Å². The molecule has 1 amide bonds. The van der Waals surface area contributed by atoms with E-state index in [4.69, 9.17) is 0 Å². The van der Waals surface area contributed by atoms with Crippen LogP contribution in [0.1, 0.15) is 13.3 Å². The van der Waals surface area contributed by atoms with Crippen LogP contribution in [-0.2, 0) is 4.79 Å². The smallest absolute Gasteiger partial charge is 0.255 e. The summed E-state index contributed by atoms with van der Waals surface area (Å²) in [7, 11) is 3.87. The Morgan fingerprint density at radius 3 is 2.29 bits per heavy atom. The van der Waals surface area contributed by atoms with E-state index in [0.717, 1.165) is 30.8 Å². The fourth-order valence-electron chi connectivity index (χ4n) is 1.32. The molecule has 78 valence electrons. The lowest BCUT2D eigenvalue weighted by Crippen LogP contribution is -2.43. The molecule has 3 nitrogen and oxygen atoms in total. The van der Waals surface area contributed by atoms with Crippen molar-refractivity contribution < 1.29 is 4.79 Å². The van der Waals surface area contributed by atoms with Crippen molar-refractivity contribution in [2.45, 2.75) is 13.3 Å². The van der Waals surface area contributed by atoms with E-state index < -0.39 is 0 Å². The Morgan fingerprint density at radius 2 is 2.00 bits per heavy atom. The van der Waals surface area contributed by atoms with Crippen molar-refractivity contribution in [3.8, 4) is 0 Å². The van der Waals surface area contributed by atoms with E-state index in [0.29, 0.717) is 0 Å². The third-order valence-corrected chi connectivity index (χ3v) is 2.64. The van der Waals surface area contributed by atoms with E-state index in [2.05, 4.69) is 6.58 Å². The van der Waals surface area contributed by atoms with Gasteiger partial charge < -0.3 is 9.80 Å². The summed E-state index contributed by atoms with van der Waals surface area (Å²) in [5.41, 5.74) is 1.69. The summed E-state index contributed by atoms with van der Waals surface area (Å²) in [6.07, 6.45) is 2.77. The molecular weight excluding hydrogens is 176 g/mol. The molecule has 14 heavy (non-hydrogen) atoms. The van der Waals surface area contributed by atoms with E-state index in [1.165, 1.54) is 0 Å². The minimum Gasteiger partial charge on any atom is -0.381 e. The Morgan fingerprint density at radius 1 is 1.43 bits per heavy atom. The first-order valence-electron chi connectivity index (χ1n) is 4.88. The van der Waals surface area contributed by atoms with Crippen molar-refractivity contribution in [2.24, 2.45) is 0 Å². The largest absolute Gasteiger partial charge is 0.381 e. The number of likely N-dealkylation sites (tertiary alicyclic amines) is 1. The van der Waals surface area contributed by atoms with Gasteiger partial charge in [-0.2, -0.15) is 0 Å². The first-order chi connectivity index (χ1) is 6.57. The molecule has 1 saturated heterocycles. The third kappa shape index (κ3) is 1.97. The quantitative estimate of drug-likeness (QED) is 0.498. The highest BCUT2D eigenvalue weighted by atomic mass is 16.2. The molecule has 0 bridgehead atoms. The normalized spacial score (nSPS) is 16.9. The minimum absolute atomic E-state index is 0.109. The van der Waals surface area contributed by atoms with Gasteiger partial charge in [0, 0.05) is 32.9 Å². The number of nitrogens with zero attached hydrogens (tertiary/aromatic N) is 2. The average Bonchev–Trinajstić information content (AvgIpc) is 2.01. The number of hydrogen-bond donors (Lipinski definition) is 0. The highest BCUT2D eigenvalue weighted by molar-refractivity contribution is 5.97. The van der Waals surface area contributed by atoms with Crippen LogP contribution in [0.4, 0.5) is 0 Å². The number of amides is 1. The maximum atomic E-state index is 11.9. The summed E-state index contributed by atoms with van der Waals surface area (Å²) in [6, 6.07) is 0. The maximum Gasteiger partial charge on any atom is 0.255 e. The van der Waals surface area contributed by atoms with Crippen molar-refractivity contribution >= 4 is 5.91 Å². The number of hydrogen-bond acceptors (Lipinski definition) is 2. The molecule has 0 saturated carbocycles. The second-order valence-electron chi connectivity index (χ2n) is 3.74. The van der Waals surface area contributed by atoms with Crippen LogP contribution in [0, 0.1) is 0 Å². The predicted molar refractivity (Wildman–Crippen MR) is 57.8 cm³/mol. The lowest BCUT2D eigenvalue weighted by molar-refractivity contribution is -0.130. The monoisotopic (exact) mass is 194 g/mol. The molecule has 0 aromatic rings. The Kier molecular flexibility index (Phi) is 3.33. The van der Waals surface area contributed by atoms with Crippen LogP contribution in [-0.4, -0.2) is 42.9 Å². The van der Waals surface area contributed by atoms with Crippen molar-refractivity contribution in [3.63, 3.8) is 0 Å². The summed E-state index contributed by atoms with van der Waals surface area (Å²) < 4.78 is 0. The molecule has 1 heterocycles. The van der Waals surface area contributed by atoms with E-state index in [-0.39, 0.29) is 5.91 Å².